The minimum absolute atomic E-state index is 0. The number of carbonyl (C=O) groups is 1. The van der Waals surface area contributed by atoms with Gasteiger partial charge in [0.25, 0.3) is 0 Å². The van der Waals surface area contributed by atoms with E-state index in [9.17, 15) is 4.79 Å². The summed E-state index contributed by atoms with van der Waals surface area (Å²) in [5.74, 6) is 0.787. The predicted molar refractivity (Wildman–Crippen MR) is 92.0 cm³/mol. The lowest BCUT2D eigenvalue weighted by Gasteiger charge is -2.26. The number of amides is 1. The Bertz CT molecular complexity index is 468. The summed E-state index contributed by atoms with van der Waals surface area (Å²) in [7, 11) is 0. The monoisotopic (exact) mass is 343 g/mol. The van der Waals surface area contributed by atoms with Gasteiger partial charge in [0.1, 0.15) is 12.4 Å². The molecule has 3 N–H and O–H groups in total. The molecular formula is C16H26ClN3O3. The first-order valence-corrected chi connectivity index (χ1v) is 7.77. The van der Waals surface area contributed by atoms with Gasteiger partial charge >= 0.3 is 0 Å². The van der Waals surface area contributed by atoms with Gasteiger partial charge in [0, 0.05) is 44.7 Å². The molecule has 1 aliphatic rings. The Labute approximate surface area is 143 Å². The predicted octanol–water partition coefficient (Wildman–Crippen LogP) is 0.784. The molecule has 0 unspecified atom stereocenters. The second-order valence-electron chi connectivity index (χ2n) is 5.23. The van der Waals surface area contributed by atoms with Crippen molar-refractivity contribution in [1.82, 2.24) is 10.2 Å². The highest BCUT2D eigenvalue weighted by Gasteiger charge is 2.10. The van der Waals surface area contributed by atoms with E-state index in [2.05, 4.69) is 10.2 Å². The molecule has 0 saturated carbocycles. The second-order valence-corrected chi connectivity index (χ2v) is 5.23. The SMILES string of the molecule is Cl.NCCC(=O)NCc1ccccc1OCCN1CCOCC1. The number of hydrogen-bond donors (Lipinski definition) is 2. The topological polar surface area (TPSA) is 76.8 Å². The van der Waals surface area contributed by atoms with Crippen molar-refractivity contribution in [3.63, 3.8) is 0 Å². The van der Waals surface area contributed by atoms with E-state index < -0.39 is 0 Å². The van der Waals surface area contributed by atoms with Crippen LogP contribution in [0.5, 0.6) is 5.75 Å². The smallest absolute Gasteiger partial charge is 0.221 e. The van der Waals surface area contributed by atoms with Gasteiger partial charge in [-0.2, -0.15) is 0 Å². The van der Waals surface area contributed by atoms with Crippen LogP contribution in [-0.4, -0.2) is 56.8 Å². The molecule has 6 nitrogen and oxygen atoms in total. The third-order valence-electron chi connectivity index (χ3n) is 3.59. The van der Waals surface area contributed by atoms with Crippen molar-refractivity contribution in [2.45, 2.75) is 13.0 Å². The molecule has 1 heterocycles. The molecule has 0 radical (unpaired) electrons. The molecule has 0 bridgehead atoms. The number of benzene rings is 1. The van der Waals surface area contributed by atoms with Gasteiger partial charge in [-0.05, 0) is 6.07 Å². The molecule has 0 atom stereocenters. The van der Waals surface area contributed by atoms with Crippen molar-refractivity contribution in [2.75, 3.05) is 46.0 Å². The van der Waals surface area contributed by atoms with E-state index in [0.29, 0.717) is 26.1 Å². The standard InChI is InChI=1S/C16H25N3O3.ClH/c17-6-5-16(20)18-13-14-3-1-2-4-15(14)22-12-9-19-7-10-21-11-8-19;/h1-4H,5-13,17H2,(H,18,20);1H. The summed E-state index contributed by atoms with van der Waals surface area (Å²) in [5, 5.41) is 2.85. The number of nitrogens with zero attached hydrogens (tertiary/aromatic N) is 1. The Morgan fingerprint density at radius 2 is 2.04 bits per heavy atom. The van der Waals surface area contributed by atoms with Crippen LogP contribution in [0.15, 0.2) is 24.3 Å². The average molecular weight is 344 g/mol. The number of hydrogen-bond acceptors (Lipinski definition) is 5. The fourth-order valence-corrected chi connectivity index (χ4v) is 2.31. The van der Waals surface area contributed by atoms with Crippen LogP contribution < -0.4 is 15.8 Å². The zero-order valence-corrected chi connectivity index (χ0v) is 14.1. The Balaban J connectivity index is 0.00000264. The van der Waals surface area contributed by atoms with Crippen LogP contribution in [0.3, 0.4) is 0 Å². The Morgan fingerprint density at radius 1 is 1.30 bits per heavy atom. The number of halogens is 1. The molecule has 1 aromatic rings. The first kappa shape index (κ1) is 19.7. The van der Waals surface area contributed by atoms with E-state index in [4.69, 9.17) is 15.2 Å². The summed E-state index contributed by atoms with van der Waals surface area (Å²) in [4.78, 5) is 13.8. The maximum absolute atomic E-state index is 11.5. The van der Waals surface area contributed by atoms with Crippen molar-refractivity contribution < 1.29 is 14.3 Å². The normalized spacial score (nSPS) is 14.8. The summed E-state index contributed by atoms with van der Waals surface area (Å²) in [5.41, 5.74) is 6.35. The second kappa shape index (κ2) is 11.2. The maximum atomic E-state index is 11.5. The van der Waals surface area contributed by atoms with Gasteiger partial charge in [0.05, 0.1) is 13.2 Å². The number of carbonyl (C=O) groups excluding carboxylic acids is 1. The number of nitrogens with two attached hydrogens (primary N) is 1. The minimum atomic E-state index is -0.0365. The zero-order valence-electron chi connectivity index (χ0n) is 13.3. The summed E-state index contributed by atoms with van der Waals surface area (Å²) >= 11 is 0. The lowest BCUT2D eigenvalue weighted by molar-refractivity contribution is -0.121. The van der Waals surface area contributed by atoms with Gasteiger partial charge in [-0.25, -0.2) is 0 Å². The van der Waals surface area contributed by atoms with E-state index in [1.54, 1.807) is 0 Å². The van der Waals surface area contributed by atoms with Crippen molar-refractivity contribution >= 4 is 18.3 Å². The Morgan fingerprint density at radius 3 is 2.78 bits per heavy atom. The first-order chi connectivity index (χ1) is 10.8. The van der Waals surface area contributed by atoms with E-state index in [1.807, 2.05) is 24.3 Å². The summed E-state index contributed by atoms with van der Waals surface area (Å²) in [6, 6.07) is 7.78. The van der Waals surface area contributed by atoms with Crippen LogP contribution in [0.1, 0.15) is 12.0 Å². The highest BCUT2D eigenvalue weighted by molar-refractivity contribution is 5.85. The molecule has 7 heteroatoms. The highest BCUT2D eigenvalue weighted by atomic mass is 35.5. The van der Waals surface area contributed by atoms with Gasteiger partial charge in [-0.1, -0.05) is 18.2 Å². The van der Waals surface area contributed by atoms with Crippen LogP contribution in [-0.2, 0) is 16.1 Å². The van der Waals surface area contributed by atoms with Crippen LogP contribution in [0.2, 0.25) is 0 Å². The zero-order chi connectivity index (χ0) is 15.6. The third-order valence-corrected chi connectivity index (χ3v) is 3.59. The molecule has 1 saturated heterocycles. The first-order valence-electron chi connectivity index (χ1n) is 7.77. The third kappa shape index (κ3) is 7.18. The van der Waals surface area contributed by atoms with Crippen molar-refractivity contribution in [1.29, 1.82) is 0 Å². The largest absolute Gasteiger partial charge is 0.492 e. The highest BCUT2D eigenvalue weighted by Crippen LogP contribution is 2.17. The van der Waals surface area contributed by atoms with Gasteiger partial charge in [0.2, 0.25) is 5.91 Å². The number of rotatable bonds is 8. The molecule has 130 valence electrons. The molecule has 0 spiro atoms. The Hall–Kier alpha value is -1.34. The van der Waals surface area contributed by atoms with E-state index in [-0.39, 0.29) is 18.3 Å². The average Bonchev–Trinajstić information content (AvgIpc) is 2.55. The van der Waals surface area contributed by atoms with Crippen LogP contribution >= 0.6 is 12.4 Å². The van der Waals surface area contributed by atoms with Gasteiger partial charge in [-0.15, -0.1) is 12.4 Å². The number of nitrogens with one attached hydrogen (secondary N) is 1. The van der Waals surface area contributed by atoms with Gasteiger partial charge in [0.15, 0.2) is 0 Å². The number of para-hydroxylation sites is 1. The number of ether oxygens (including phenoxy) is 2. The molecule has 0 aromatic heterocycles. The fraction of sp³-hybridized carbons (Fsp3) is 0.562. The van der Waals surface area contributed by atoms with Crippen LogP contribution in [0.4, 0.5) is 0 Å². The molecule has 1 fully saturated rings. The summed E-state index contributed by atoms with van der Waals surface area (Å²) in [6.45, 7) is 5.86. The lowest BCUT2D eigenvalue weighted by atomic mass is 10.2. The maximum Gasteiger partial charge on any atom is 0.221 e. The summed E-state index contributed by atoms with van der Waals surface area (Å²) in [6.07, 6.45) is 0.347. The van der Waals surface area contributed by atoms with E-state index >= 15 is 0 Å². The van der Waals surface area contributed by atoms with Crippen molar-refractivity contribution in [2.24, 2.45) is 5.73 Å². The lowest BCUT2D eigenvalue weighted by Crippen LogP contribution is -2.38. The molecule has 1 aromatic carbocycles. The van der Waals surface area contributed by atoms with Gasteiger partial charge < -0.3 is 20.5 Å². The molecule has 1 amide bonds. The van der Waals surface area contributed by atoms with E-state index in [1.165, 1.54) is 0 Å². The Kier molecular flexibility index (Phi) is 9.63. The van der Waals surface area contributed by atoms with E-state index in [0.717, 1.165) is 44.2 Å². The van der Waals surface area contributed by atoms with Crippen molar-refractivity contribution in [3.8, 4) is 5.75 Å². The molecular weight excluding hydrogens is 318 g/mol. The van der Waals surface area contributed by atoms with Gasteiger partial charge in [-0.3, -0.25) is 9.69 Å². The quantitative estimate of drug-likeness (QED) is 0.729. The molecule has 0 aliphatic carbocycles. The molecule has 23 heavy (non-hydrogen) atoms. The fourth-order valence-electron chi connectivity index (χ4n) is 2.31. The summed E-state index contributed by atoms with van der Waals surface area (Å²) < 4.78 is 11.2. The van der Waals surface area contributed by atoms with Crippen LogP contribution in [0, 0.1) is 0 Å². The van der Waals surface area contributed by atoms with Crippen molar-refractivity contribution in [3.05, 3.63) is 29.8 Å². The molecule has 1 aliphatic heterocycles. The number of morpholine rings is 1. The molecule has 2 rings (SSSR count). The minimum Gasteiger partial charge on any atom is -0.492 e. The van der Waals surface area contributed by atoms with Crippen LogP contribution in [0.25, 0.3) is 0 Å².